The molecule has 1 aliphatic heterocycles. The number of carbonyl (C=O) groups is 1. The Morgan fingerprint density at radius 3 is 2.79 bits per heavy atom. The molecule has 2 aromatic carbocycles. The van der Waals surface area contributed by atoms with Gasteiger partial charge in [0.2, 0.25) is 0 Å². The van der Waals surface area contributed by atoms with Crippen LogP contribution in [0.5, 0.6) is 0 Å². The number of hydrogen-bond donors (Lipinski definition) is 1. The van der Waals surface area contributed by atoms with Crippen molar-refractivity contribution >= 4 is 34.4 Å². The average Bonchev–Trinajstić information content (AvgIpc) is 3.16. The summed E-state index contributed by atoms with van der Waals surface area (Å²) < 4.78 is 13.8. The predicted molar refractivity (Wildman–Crippen MR) is 113 cm³/mol. The minimum Gasteiger partial charge on any atom is -0.373 e. The topological polar surface area (TPSA) is 42.6 Å². The van der Waals surface area contributed by atoms with Gasteiger partial charge in [0.15, 0.2) is 0 Å². The van der Waals surface area contributed by atoms with Gasteiger partial charge in [0.1, 0.15) is 24.0 Å². The molecule has 0 spiro atoms. The molecule has 1 aromatic heterocycles. The third-order valence-corrected chi connectivity index (χ3v) is 5.56. The van der Waals surface area contributed by atoms with Gasteiger partial charge in [-0.15, -0.1) is 0 Å². The number of aromatic nitrogens is 1. The van der Waals surface area contributed by atoms with Crippen LogP contribution in [-0.4, -0.2) is 50.5 Å². The zero-order valence-corrected chi connectivity index (χ0v) is 16.2. The molecule has 2 heterocycles. The molecule has 6 heteroatoms. The number of nitrogens with one attached hydrogen (secondary N) is 1. The van der Waals surface area contributed by atoms with Crippen molar-refractivity contribution in [2.45, 2.75) is 13.0 Å². The summed E-state index contributed by atoms with van der Waals surface area (Å²) in [6, 6.07) is 14.8. The van der Waals surface area contributed by atoms with E-state index in [0.29, 0.717) is 13.1 Å². The number of H-pyrrole nitrogens is 1. The van der Waals surface area contributed by atoms with Crippen LogP contribution in [0.15, 0.2) is 48.5 Å². The van der Waals surface area contributed by atoms with Gasteiger partial charge in [0, 0.05) is 44.1 Å². The van der Waals surface area contributed by atoms with Crippen molar-refractivity contribution in [2.75, 3.05) is 47.9 Å². The highest BCUT2D eigenvalue weighted by molar-refractivity contribution is 5.85. The van der Waals surface area contributed by atoms with Crippen molar-refractivity contribution in [3.05, 3.63) is 54.3 Å². The third-order valence-electron chi connectivity index (χ3n) is 5.56. The summed E-state index contributed by atoms with van der Waals surface area (Å²) in [5.41, 5.74) is 2.88. The first kappa shape index (κ1) is 18.3. The first-order valence-corrected chi connectivity index (χ1v) is 9.66. The van der Waals surface area contributed by atoms with Gasteiger partial charge in [-0.25, -0.2) is 4.39 Å². The molecule has 1 saturated heterocycles. The van der Waals surface area contributed by atoms with Gasteiger partial charge in [-0.3, -0.25) is 0 Å². The normalized spacial score (nSPS) is 17.2. The molecule has 5 nitrogen and oxygen atoms in total. The van der Waals surface area contributed by atoms with Crippen LogP contribution in [0, 0.1) is 5.82 Å². The van der Waals surface area contributed by atoms with Crippen LogP contribution in [0.3, 0.4) is 0 Å². The van der Waals surface area contributed by atoms with Crippen LogP contribution >= 0.6 is 0 Å². The molecule has 1 aliphatic rings. The molecule has 3 aromatic rings. The first-order chi connectivity index (χ1) is 13.6. The molecular formula is C22H25FN4O. The van der Waals surface area contributed by atoms with Gasteiger partial charge in [-0.05, 0) is 37.3 Å². The number of rotatable bonds is 5. The molecule has 1 atom stereocenters. The van der Waals surface area contributed by atoms with Crippen LogP contribution in [0.1, 0.15) is 6.92 Å². The largest absolute Gasteiger partial charge is 0.373 e. The molecule has 4 rings (SSSR count). The van der Waals surface area contributed by atoms with Crippen LogP contribution in [0.2, 0.25) is 0 Å². The number of hydrogen-bond acceptors (Lipinski definition) is 4. The molecule has 0 saturated carbocycles. The van der Waals surface area contributed by atoms with E-state index in [1.165, 1.54) is 6.07 Å². The maximum Gasteiger partial charge on any atom is 0.144 e. The number of anilines is 3. The Bertz CT molecular complexity index is 953. The number of carbonyl (C=O) groups excluding carboxylic acids is 1. The Balaban J connectivity index is 1.61. The number of para-hydroxylation sites is 1. The van der Waals surface area contributed by atoms with Crippen LogP contribution < -0.4 is 14.7 Å². The fourth-order valence-corrected chi connectivity index (χ4v) is 3.90. The quantitative estimate of drug-likeness (QED) is 0.686. The second-order valence-corrected chi connectivity index (χ2v) is 7.23. The van der Waals surface area contributed by atoms with E-state index in [9.17, 15) is 9.18 Å². The number of nitrogens with zero attached hydrogens (tertiary/aromatic N) is 3. The molecule has 1 N–H and O–H groups in total. The van der Waals surface area contributed by atoms with Gasteiger partial charge >= 0.3 is 0 Å². The lowest BCUT2D eigenvalue weighted by molar-refractivity contribution is -0.108. The van der Waals surface area contributed by atoms with Crippen molar-refractivity contribution in [3.63, 3.8) is 0 Å². The van der Waals surface area contributed by atoms with E-state index in [4.69, 9.17) is 0 Å². The van der Waals surface area contributed by atoms with Gasteiger partial charge in [-0.1, -0.05) is 18.2 Å². The average molecular weight is 380 g/mol. The van der Waals surface area contributed by atoms with Crippen molar-refractivity contribution in [3.8, 4) is 0 Å². The zero-order chi connectivity index (χ0) is 19.7. The van der Waals surface area contributed by atoms with E-state index >= 15 is 0 Å². The highest BCUT2D eigenvalue weighted by Crippen LogP contribution is 2.32. The third kappa shape index (κ3) is 3.30. The number of piperazine rings is 1. The SMILES string of the molecule is CCN(C)c1cc(F)ccc1N1CCN(c2cc3ccccc3[nH]2)C(C=O)C1. The lowest BCUT2D eigenvalue weighted by Crippen LogP contribution is -2.54. The van der Waals surface area contributed by atoms with Crippen molar-refractivity contribution in [1.29, 1.82) is 0 Å². The van der Waals surface area contributed by atoms with Crippen molar-refractivity contribution < 1.29 is 9.18 Å². The lowest BCUT2D eigenvalue weighted by Gasteiger charge is -2.41. The summed E-state index contributed by atoms with van der Waals surface area (Å²) in [7, 11) is 1.95. The number of benzene rings is 2. The Hall–Kier alpha value is -3.02. The minimum absolute atomic E-state index is 0.248. The zero-order valence-electron chi connectivity index (χ0n) is 16.2. The maximum atomic E-state index is 13.8. The smallest absolute Gasteiger partial charge is 0.144 e. The van der Waals surface area contributed by atoms with E-state index in [2.05, 4.69) is 26.9 Å². The minimum atomic E-state index is -0.272. The molecule has 0 bridgehead atoms. The highest BCUT2D eigenvalue weighted by atomic mass is 19.1. The summed E-state index contributed by atoms with van der Waals surface area (Å²) in [4.78, 5) is 21.7. The Morgan fingerprint density at radius 1 is 1.21 bits per heavy atom. The standard InChI is InChI=1S/C22H25FN4O/c1-3-25(2)21-13-17(23)8-9-20(21)26-10-11-27(18(14-26)15-28)22-12-16-6-4-5-7-19(16)24-22/h4-9,12-13,15,18,24H,3,10-11,14H2,1-2H3. The van der Waals surface area contributed by atoms with Gasteiger partial charge in [-0.2, -0.15) is 0 Å². The fourth-order valence-electron chi connectivity index (χ4n) is 3.90. The Morgan fingerprint density at radius 2 is 2.04 bits per heavy atom. The maximum absolute atomic E-state index is 13.8. The van der Waals surface area contributed by atoms with E-state index in [1.807, 2.05) is 43.1 Å². The fraction of sp³-hybridized carbons (Fsp3) is 0.318. The summed E-state index contributed by atoms with van der Waals surface area (Å²) in [6.07, 6.45) is 1.00. The number of aromatic amines is 1. The summed E-state index contributed by atoms with van der Waals surface area (Å²) >= 11 is 0. The van der Waals surface area contributed by atoms with E-state index in [-0.39, 0.29) is 11.9 Å². The first-order valence-electron chi connectivity index (χ1n) is 9.66. The number of fused-ring (bicyclic) bond motifs is 1. The lowest BCUT2D eigenvalue weighted by atomic mass is 10.1. The van der Waals surface area contributed by atoms with E-state index < -0.39 is 0 Å². The van der Waals surface area contributed by atoms with Crippen molar-refractivity contribution in [1.82, 2.24) is 4.98 Å². The van der Waals surface area contributed by atoms with Crippen LogP contribution in [0.25, 0.3) is 10.9 Å². The molecule has 0 radical (unpaired) electrons. The molecule has 28 heavy (non-hydrogen) atoms. The molecule has 0 aliphatic carbocycles. The van der Waals surface area contributed by atoms with Gasteiger partial charge in [0.05, 0.1) is 11.4 Å². The second kappa shape index (κ2) is 7.54. The highest BCUT2D eigenvalue weighted by Gasteiger charge is 2.29. The van der Waals surface area contributed by atoms with Crippen molar-refractivity contribution in [2.24, 2.45) is 0 Å². The molecule has 0 amide bonds. The Kier molecular flexibility index (Phi) is 4.94. The number of aldehydes is 1. The number of halogens is 1. The second-order valence-electron chi connectivity index (χ2n) is 7.23. The molecule has 1 fully saturated rings. The van der Waals surface area contributed by atoms with Crippen LogP contribution in [0.4, 0.5) is 21.6 Å². The summed E-state index contributed by atoms with van der Waals surface area (Å²) in [5.74, 6) is 0.714. The van der Waals surface area contributed by atoms with Gasteiger partial charge < -0.3 is 24.5 Å². The molecule has 1 unspecified atom stereocenters. The summed E-state index contributed by atoms with van der Waals surface area (Å²) in [5, 5.41) is 1.13. The van der Waals surface area contributed by atoms with Crippen LogP contribution in [-0.2, 0) is 4.79 Å². The monoisotopic (exact) mass is 380 g/mol. The predicted octanol–water partition coefficient (Wildman–Crippen LogP) is 3.66. The van der Waals surface area contributed by atoms with E-state index in [0.717, 1.165) is 47.5 Å². The Labute approximate surface area is 164 Å². The molecular weight excluding hydrogens is 355 g/mol. The summed E-state index contributed by atoms with van der Waals surface area (Å²) in [6.45, 7) is 4.85. The van der Waals surface area contributed by atoms with E-state index in [1.54, 1.807) is 6.07 Å². The molecule has 146 valence electrons. The van der Waals surface area contributed by atoms with Gasteiger partial charge in [0.25, 0.3) is 0 Å².